The molecule has 0 radical (unpaired) electrons. The third-order valence-corrected chi connectivity index (χ3v) is 4.52. The van der Waals surface area contributed by atoms with Gasteiger partial charge in [-0.2, -0.15) is 0 Å². The van der Waals surface area contributed by atoms with Gasteiger partial charge in [-0.1, -0.05) is 40.7 Å². The number of carbonyl (C=O) groups excluding carboxylic acids is 1. The molecule has 0 saturated heterocycles. The van der Waals surface area contributed by atoms with Crippen LogP contribution in [0.25, 0.3) is 0 Å². The van der Waals surface area contributed by atoms with Crippen LogP contribution in [0.1, 0.15) is 86.8 Å². The molecule has 1 aromatic carbocycles. The Morgan fingerprint density at radius 3 is 2.58 bits per heavy atom. The molecule has 0 heterocycles. The first-order valence-corrected chi connectivity index (χ1v) is 7.57. The van der Waals surface area contributed by atoms with Crippen LogP contribution in [0.2, 0.25) is 0 Å². The van der Waals surface area contributed by atoms with E-state index in [1.165, 1.54) is 29.5 Å². The van der Waals surface area contributed by atoms with Gasteiger partial charge in [-0.05, 0) is 53.4 Å². The first-order chi connectivity index (χ1) is 8.86. The predicted molar refractivity (Wildman–Crippen MR) is 81.1 cm³/mol. The second kappa shape index (κ2) is 5.11. The van der Waals surface area contributed by atoms with Gasteiger partial charge in [0.25, 0.3) is 0 Å². The van der Waals surface area contributed by atoms with Crippen molar-refractivity contribution in [3.8, 4) is 0 Å². The highest BCUT2D eigenvalue weighted by atomic mass is 16.1. The minimum atomic E-state index is 0.210. The summed E-state index contributed by atoms with van der Waals surface area (Å²) in [4.78, 5) is 12.3. The normalized spacial score (nSPS) is 17.4. The number of fused-ring (bicyclic) bond motifs is 1. The molecule has 1 aliphatic carbocycles. The van der Waals surface area contributed by atoms with Gasteiger partial charge in [-0.3, -0.25) is 4.79 Å². The lowest BCUT2D eigenvalue weighted by Crippen LogP contribution is -2.26. The van der Waals surface area contributed by atoms with Gasteiger partial charge in [-0.25, -0.2) is 0 Å². The topological polar surface area (TPSA) is 17.1 Å². The Labute approximate surface area is 117 Å². The van der Waals surface area contributed by atoms with Gasteiger partial charge in [0, 0.05) is 12.0 Å². The molecule has 1 heteroatoms. The Hall–Kier alpha value is -1.11. The second-order valence-corrected chi connectivity index (χ2v) is 6.76. The maximum Gasteiger partial charge on any atom is 0.162 e. The van der Waals surface area contributed by atoms with Gasteiger partial charge in [0.15, 0.2) is 5.78 Å². The summed E-state index contributed by atoms with van der Waals surface area (Å²) in [5.41, 5.74) is 5.26. The van der Waals surface area contributed by atoms with E-state index in [4.69, 9.17) is 0 Å². The van der Waals surface area contributed by atoms with E-state index >= 15 is 0 Å². The molecule has 0 N–H and O–H groups in total. The molecular weight excluding hydrogens is 232 g/mol. The van der Waals surface area contributed by atoms with Crippen LogP contribution in [0.15, 0.2) is 12.1 Å². The van der Waals surface area contributed by atoms with Gasteiger partial charge in [0.1, 0.15) is 0 Å². The molecule has 1 nitrogen and oxygen atoms in total. The standard InChI is InChI=1S/C18H26O/c1-6-17(19)15-10-13(12(2)3)11-16-14(15)8-7-9-18(16,4)5/h10-12H,6-9H2,1-5H3. The van der Waals surface area contributed by atoms with Crippen LogP contribution in [0.4, 0.5) is 0 Å². The summed E-state index contributed by atoms with van der Waals surface area (Å²) < 4.78 is 0. The van der Waals surface area contributed by atoms with Crippen molar-refractivity contribution in [2.45, 2.75) is 71.6 Å². The Morgan fingerprint density at radius 2 is 2.00 bits per heavy atom. The van der Waals surface area contributed by atoms with Crippen molar-refractivity contribution < 1.29 is 4.79 Å². The van der Waals surface area contributed by atoms with Crippen molar-refractivity contribution in [1.82, 2.24) is 0 Å². The van der Waals surface area contributed by atoms with Crippen LogP contribution < -0.4 is 0 Å². The van der Waals surface area contributed by atoms with E-state index in [9.17, 15) is 4.79 Å². The Bertz CT molecular complexity index is 495. The predicted octanol–water partition coefficient (Wildman–Crippen LogP) is 5.02. The number of rotatable bonds is 3. The van der Waals surface area contributed by atoms with Crippen molar-refractivity contribution in [2.75, 3.05) is 0 Å². The molecule has 0 spiro atoms. The summed E-state index contributed by atoms with van der Waals surface area (Å²) in [6, 6.07) is 4.50. The Kier molecular flexibility index (Phi) is 3.85. The lowest BCUT2D eigenvalue weighted by molar-refractivity contribution is 0.0986. The highest BCUT2D eigenvalue weighted by molar-refractivity contribution is 5.98. The number of benzene rings is 1. The lowest BCUT2D eigenvalue weighted by Gasteiger charge is -2.34. The van der Waals surface area contributed by atoms with Crippen LogP contribution in [0, 0.1) is 0 Å². The average Bonchev–Trinajstić information content (AvgIpc) is 2.36. The molecule has 0 bridgehead atoms. The van der Waals surface area contributed by atoms with Crippen LogP contribution in [0.5, 0.6) is 0 Å². The van der Waals surface area contributed by atoms with E-state index in [1.54, 1.807) is 0 Å². The van der Waals surface area contributed by atoms with Gasteiger partial charge >= 0.3 is 0 Å². The van der Waals surface area contributed by atoms with E-state index in [0.29, 0.717) is 18.1 Å². The van der Waals surface area contributed by atoms with E-state index in [0.717, 1.165) is 12.0 Å². The molecule has 0 aliphatic heterocycles. The van der Waals surface area contributed by atoms with E-state index in [1.807, 2.05) is 6.92 Å². The molecule has 104 valence electrons. The largest absolute Gasteiger partial charge is 0.294 e. The van der Waals surface area contributed by atoms with Gasteiger partial charge < -0.3 is 0 Å². The first-order valence-electron chi connectivity index (χ1n) is 7.57. The van der Waals surface area contributed by atoms with Crippen LogP contribution in [-0.2, 0) is 11.8 Å². The summed E-state index contributed by atoms with van der Waals surface area (Å²) in [7, 11) is 0. The fraction of sp³-hybridized carbons (Fsp3) is 0.611. The van der Waals surface area contributed by atoms with E-state index < -0.39 is 0 Å². The SMILES string of the molecule is CCC(=O)c1cc(C(C)C)cc2c1CCCC2(C)C. The minimum absolute atomic E-state index is 0.210. The minimum Gasteiger partial charge on any atom is -0.294 e. The number of hydrogen-bond donors (Lipinski definition) is 0. The molecule has 1 aromatic rings. The first kappa shape index (κ1) is 14.3. The van der Waals surface area contributed by atoms with Crippen molar-refractivity contribution in [2.24, 2.45) is 0 Å². The lowest BCUT2D eigenvalue weighted by atomic mass is 9.70. The zero-order valence-electron chi connectivity index (χ0n) is 13.0. The fourth-order valence-corrected chi connectivity index (χ4v) is 3.18. The summed E-state index contributed by atoms with van der Waals surface area (Å²) >= 11 is 0. The summed E-state index contributed by atoms with van der Waals surface area (Å²) in [6.45, 7) is 11.0. The van der Waals surface area contributed by atoms with E-state index in [-0.39, 0.29) is 5.41 Å². The molecule has 0 aromatic heterocycles. The van der Waals surface area contributed by atoms with Crippen molar-refractivity contribution in [1.29, 1.82) is 0 Å². The summed E-state index contributed by atoms with van der Waals surface area (Å²) in [5, 5.41) is 0. The van der Waals surface area contributed by atoms with Gasteiger partial charge in [0.2, 0.25) is 0 Å². The Balaban J connectivity index is 2.67. The van der Waals surface area contributed by atoms with Gasteiger partial charge in [-0.15, -0.1) is 0 Å². The molecule has 0 saturated carbocycles. The molecule has 1 aliphatic rings. The number of hydrogen-bond acceptors (Lipinski definition) is 1. The monoisotopic (exact) mass is 258 g/mol. The maximum atomic E-state index is 12.3. The molecule has 0 atom stereocenters. The average molecular weight is 258 g/mol. The molecule has 19 heavy (non-hydrogen) atoms. The molecule has 0 fully saturated rings. The fourth-order valence-electron chi connectivity index (χ4n) is 3.18. The van der Waals surface area contributed by atoms with Crippen LogP contribution in [0.3, 0.4) is 0 Å². The van der Waals surface area contributed by atoms with E-state index in [2.05, 4.69) is 39.8 Å². The third-order valence-electron chi connectivity index (χ3n) is 4.52. The highest BCUT2D eigenvalue weighted by Gasteiger charge is 2.30. The molecule has 0 amide bonds. The third kappa shape index (κ3) is 2.61. The Morgan fingerprint density at radius 1 is 1.32 bits per heavy atom. The van der Waals surface area contributed by atoms with Gasteiger partial charge in [0.05, 0.1) is 0 Å². The summed E-state index contributed by atoms with van der Waals surface area (Å²) in [5.74, 6) is 0.780. The number of ketones is 1. The zero-order valence-corrected chi connectivity index (χ0v) is 13.0. The van der Waals surface area contributed by atoms with Crippen molar-refractivity contribution in [3.05, 3.63) is 34.4 Å². The second-order valence-electron chi connectivity index (χ2n) is 6.76. The quantitative estimate of drug-likeness (QED) is 0.696. The number of Topliss-reactive ketones (excluding diaryl/α,β-unsaturated/α-hetero) is 1. The highest BCUT2D eigenvalue weighted by Crippen LogP contribution is 2.40. The zero-order chi connectivity index (χ0) is 14.2. The summed E-state index contributed by atoms with van der Waals surface area (Å²) in [6.07, 6.45) is 4.10. The smallest absolute Gasteiger partial charge is 0.162 e. The molecule has 0 unspecified atom stereocenters. The molecule has 2 rings (SSSR count). The van der Waals surface area contributed by atoms with Crippen molar-refractivity contribution in [3.63, 3.8) is 0 Å². The maximum absolute atomic E-state index is 12.3. The van der Waals surface area contributed by atoms with Crippen LogP contribution in [-0.4, -0.2) is 5.78 Å². The molecular formula is C18H26O. The van der Waals surface area contributed by atoms with Crippen molar-refractivity contribution >= 4 is 5.78 Å². The van der Waals surface area contributed by atoms with Crippen LogP contribution >= 0.6 is 0 Å². The number of carbonyl (C=O) groups is 1.